The first-order valence-corrected chi connectivity index (χ1v) is 8.10. The van der Waals surface area contributed by atoms with Crippen LogP contribution in [0.15, 0.2) is 42.5 Å². The Balaban J connectivity index is 1.88. The molecule has 0 fully saturated rings. The van der Waals surface area contributed by atoms with Crippen LogP contribution >= 0.6 is 0 Å². The zero-order chi connectivity index (χ0) is 18.2. The monoisotopic (exact) mass is 337 g/mol. The molecule has 0 aliphatic carbocycles. The SMILES string of the molecule is Cc1nc2ccc(C(=O)NC(C)(C)c3ccc(F)cc3)cc2nc1C. The summed E-state index contributed by atoms with van der Waals surface area (Å²) in [5.41, 5.74) is 3.88. The summed E-state index contributed by atoms with van der Waals surface area (Å²) in [6, 6.07) is 11.4. The van der Waals surface area contributed by atoms with E-state index in [2.05, 4.69) is 15.3 Å². The molecule has 2 aromatic carbocycles. The van der Waals surface area contributed by atoms with Gasteiger partial charge in [-0.05, 0) is 63.6 Å². The van der Waals surface area contributed by atoms with Gasteiger partial charge in [0.25, 0.3) is 5.91 Å². The highest BCUT2D eigenvalue weighted by atomic mass is 19.1. The number of aromatic nitrogens is 2. The van der Waals surface area contributed by atoms with E-state index in [1.54, 1.807) is 30.3 Å². The van der Waals surface area contributed by atoms with E-state index in [-0.39, 0.29) is 11.7 Å². The molecular weight excluding hydrogens is 317 g/mol. The highest BCUT2D eigenvalue weighted by Crippen LogP contribution is 2.22. The lowest BCUT2D eigenvalue weighted by Crippen LogP contribution is -2.41. The summed E-state index contributed by atoms with van der Waals surface area (Å²) in [6.07, 6.45) is 0. The van der Waals surface area contributed by atoms with Crippen molar-refractivity contribution in [1.82, 2.24) is 15.3 Å². The van der Waals surface area contributed by atoms with Crippen LogP contribution in [-0.2, 0) is 5.54 Å². The third-order valence-electron chi connectivity index (χ3n) is 4.33. The number of rotatable bonds is 3. The van der Waals surface area contributed by atoms with Gasteiger partial charge in [-0.15, -0.1) is 0 Å². The molecule has 25 heavy (non-hydrogen) atoms. The van der Waals surface area contributed by atoms with Crippen LogP contribution in [-0.4, -0.2) is 15.9 Å². The topological polar surface area (TPSA) is 54.9 Å². The number of carbonyl (C=O) groups excluding carboxylic acids is 1. The van der Waals surface area contributed by atoms with Crippen molar-refractivity contribution in [1.29, 1.82) is 0 Å². The van der Waals surface area contributed by atoms with Crippen LogP contribution < -0.4 is 5.32 Å². The highest BCUT2D eigenvalue weighted by molar-refractivity contribution is 5.97. The van der Waals surface area contributed by atoms with Gasteiger partial charge in [0.05, 0.1) is 28.0 Å². The van der Waals surface area contributed by atoms with E-state index in [0.717, 1.165) is 22.5 Å². The number of nitrogens with one attached hydrogen (secondary N) is 1. The largest absolute Gasteiger partial charge is 0.343 e. The lowest BCUT2D eigenvalue weighted by Gasteiger charge is -2.27. The number of fused-ring (bicyclic) bond motifs is 1. The summed E-state index contributed by atoms with van der Waals surface area (Å²) in [4.78, 5) is 21.6. The van der Waals surface area contributed by atoms with Crippen LogP contribution in [0, 0.1) is 19.7 Å². The average molecular weight is 337 g/mol. The maximum Gasteiger partial charge on any atom is 0.252 e. The van der Waals surface area contributed by atoms with Crippen LogP contribution in [0.2, 0.25) is 0 Å². The Labute approximate surface area is 146 Å². The van der Waals surface area contributed by atoms with Crippen molar-refractivity contribution < 1.29 is 9.18 Å². The number of aryl methyl sites for hydroxylation is 2. The molecule has 1 N–H and O–H groups in total. The molecule has 1 heterocycles. The summed E-state index contributed by atoms with van der Waals surface area (Å²) in [5, 5.41) is 2.99. The van der Waals surface area contributed by atoms with Gasteiger partial charge >= 0.3 is 0 Å². The van der Waals surface area contributed by atoms with Gasteiger partial charge in [0.2, 0.25) is 0 Å². The fourth-order valence-corrected chi connectivity index (χ4v) is 2.67. The number of halogens is 1. The summed E-state index contributed by atoms with van der Waals surface area (Å²) in [7, 11) is 0. The molecule has 0 aliphatic heterocycles. The summed E-state index contributed by atoms with van der Waals surface area (Å²) < 4.78 is 13.1. The van der Waals surface area contributed by atoms with Gasteiger partial charge in [0.1, 0.15) is 5.82 Å². The second kappa shape index (κ2) is 6.24. The van der Waals surface area contributed by atoms with E-state index in [4.69, 9.17) is 0 Å². The molecule has 0 unspecified atom stereocenters. The molecule has 3 aromatic rings. The Kier molecular flexibility index (Phi) is 4.25. The number of amides is 1. The maximum absolute atomic E-state index is 13.1. The third-order valence-corrected chi connectivity index (χ3v) is 4.33. The smallest absolute Gasteiger partial charge is 0.252 e. The normalized spacial score (nSPS) is 11.6. The van der Waals surface area contributed by atoms with Crippen molar-refractivity contribution in [2.75, 3.05) is 0 Å². The Morgan fingerprint density at radius 3 is 2.20 bits per heavy atom. The minimum absolute atomic E-state index is 0.212. The van der Waals surface area contributed by atoms with Crippen molar-refractivity contribution in [2.24, 2.45) is 0 Å². The predicted molar refractivity (Wildman–Crippen MR) is 95.9 cm³/mol. The quantitative estimate of drug-likeness (QED) is 0.784. The molecular formula is C20H20FN3O. The van der Waals surface area contributed by atoms with Crippen molar-refractivity contribution >= 4 is 16.9 Å². The second-order valence-electron chi connectivity index (χ2n) is 6.68. The van der Waals surface area contributed by atoms with Crippen molar-refractivity contribution in [3.05, 3.63) is 70.8 Å². The van der Waals surface area contributed by atoms with Crippen molar-refractivity contribution in [3.63, 3.8) is 0 Å². The standard InChI is InChI=1S/C20H20FN3O/c1-12-13(2)23-18-11-14(5-10-17(18)22-12)19(25)24-20(3,4)15-6-8-16(21)9-7-15/h5-11H,1-4H3,(H,24,25). The second-order valence-corrected chi connectivity index (χ2v) is 6.68. The first-order valence-electron chi connectivity index (χ1n) is 8.10. The van der Waals surface area contributed by atoms with E-state index < -0.39 is 5.54 Å². The highest BCUT2D eigenvalue weighted by Gasteiger charge is 2.23. The molecule has 0 aliphatic rings. The lowest BCUT2D eigenvalue weighted by molar-refractivity contribution is 0.0912. The van der Waals surface area contributed by atoms with Gasteiger partial charge in [0, 0.05) is 5.56 Å². The third kappa shape index (κ3) is 3.50. The maximum atomic E-state index is 13.1. The van der Waals surface area contributed by atoms with Gasteiger partial charge in [-0.25, -0.2) is 14.4 Å². The van der Waals surface area contributed by atoms with Gasteiger partial charge < -0.3 is 5.32 Å². The van der Waals surface area contributed by atoms with E-state index in [0.29, 0.717) is 11.1 Å². The number of carbonyl (C=O) groups is 1. The van der Waals surface area contributed by atoms with Crippen LogP contribution in [0.25, 0.3) is 11.0 Å². The zero-order valence-electron chi connectivity index (χ0n) is 14.7. The fraction of sp³-hybridized carbons (Fsp3) is 0.250. The molecule has 128 valence electrons. The molecule has 1 aromatic heterocycles. The molecule has 0 spiro atoms. The lowest BCUT2D eigenvalue weighted by atomic mass is 9.94. The molecule has 0 saturated heterocycles. The molecule has 0 radical (unpaired) electrons. The predicted octanol–water partition coefficient (Wildman–Crippen LogP) is 4.05. The number of hydrogen-bond acceptors (Lipinski definition) is 3. The Bertz CT molecular complexity index is 949. The number of nitrogens with zero attached hydrogens (tertiary/aromatic N) is 2. The molecule has 0 bridgehead atoms. The van der Waals surface area contributed by atoms with Gasteiger partial charge in [-0.3, -0.25) is 4.79 Å². The van der Waals surface area contributed by atoms with E-state index in [9.17, 15) is 9.18 Å². The van der Waals surface area contributed by atoms with Crippen molar-refractivity contribution in [2.45, 2.75) is 33.2 Å². The van der Waals surface area contributed by atoms with Crippen LogP contribution in [0.3, 0.4) is 0 Å². The first kappa shape index (κ1) is 17.0. The number of hydrogen-bond donors (Lipinski definition) is 1. The molecule has 0 atom stereocenters. The first-order chi connectivity index (χ1) is 11.8. The van der Waals surface area contributed by atoms with E-state index in [1.807, 2.05) is 27.7 Å². The minimum Gasteiger partial charge on any atom is -0.343 e. The Morgan fingerprint density at radius 1 is 0.960 bits per heavy atom. The Hall–Kier alpha value is -2.82. The summed E-state index contributed by atoms with van der Waals surface area (Å²) in [5.74, 6) is -0.513. The zero-order valence-corrected chi connectivity index (χ0v) is 14.7. The number of benzene rings is 2. The summed E-state index contributed by atoms with van der Waals surface area (Å²) in [6.45, 7) is 7.57. The minimum atomic E-state index is -0.630. The van der Waals surface area contributed by atoms with Gasteiger partial charge in [-0.2, -0.15) is 0 Å². The van der Waals surface area contributed by atoms with E-state index in [1.165, 1.54) is 12.1 Å². The van der Waals surface area contributed by atoms with E-state index >= 15 is 0 Å². The van der Waals surface area contributed by atoms with Gasteiger partial charge in [0.15, 0.2) is 0 Å². The molecule has 3 rings (SSSR count). The molecule has 0 saturated carbocycles. The van der Waals surface area contributed by atoms with Crippen LogP contribution in [0.1, 0.15) is 41.2 Å². The molecule has 1 amide bonds. The Morgan fingerprint density at radius 2 is 1.56 bits per heavy atom. The average Bonchev–Trinajstić information content (AvgIpc) is 2.55. The van der Waals surface area contributed by atoms with Crippen molar-refractivity contribution in [3.8, 4) is 0 Å². The molecule has 4 nitrogen and oxygen atoms in total. The summed E-state index contributed by atoms with van der Waals surface area (Å²) >= 11 is 0. The molecule has 5 heteroatoms. The van der Waals surface area contributed by atoms with Gasteiger partial charge in [-0.1, -0.05) is 12.1 Å². The fourth-order valence-electron chi connectivity index (χ4n) is 2.67. The van der Waals surface area contributed by atoms with Crippen LogP contribution in [0.4, 0.5) is 4.39 Å². The van der Waals surface area contributed by atoms with Crippen LogP contribution in [0.5, 0.6) is 0 Å².